The average molecular weight is 229 g/mol. The highest BCUT2D eigenvalue weighted by Crippen LogP contribution is 2.31. The number of phenols is 2. The van der Waals surface area contributed by atoms with E-state index in [0.29, 0.717) is 16.7 Å². The molecule has 17 heavy (non-hydrogen) atoms. The van der Waals surface area contributed by atoms with E-state index in [4.69, 9.17) is 5.73 Å². The lowest BCUT2D eigenvalue weighted by atomic mass is 9.99. The van der Waals surface area contributed by atoms with Gasteiger partial charge in [-0.1, -0.05) is 24.3 Å². The summed E-state index contributed by atoms with van der Waals surface area (Å²) in [7, 11) is 0. The summed E-state index contributed by atoms with van der Waals surface area (Å²) >= 11 is 0. The van der Waals surface area contributed by atoms with Crippen molar-refractivity contribution in [3.63, 3.8) is 0 Å². The van der Waals surface area contributed by atoms with Gasteiger partial charge in [0.15, 0.2) is 11.5 Å². The van der Waals surface area contributed by atoms with E-state index in [1.807, 2.05) is 0 Å². The normalized spacial score (nSPS) is 10.1. The molecule has 0 aliphatic rings. The minimum absolute atomic E-state index is 0.203. The third-order valence-corrected chi connectivity index (χ3v) is 2.48. The fourth-order valence-electron chi connectivity index (χ4n) is 1.64. The second-order valence-electron chi connectivity index (χ2n) is 3.61. The number of benzene rings is 2. The zero-order chi connectivity index (χ0) is 12.4. The maximum Gasteiger partial charge on any atom is 0.249 e. The van der Waals surface area contributed by atoms with Gasteiger partial charge in [-0.25, -0.2) is 0 Å². The highest BCUT2D eigenvalue weighted by Gasteiger charge is 2.10. The van der Waals surface area contributed by atoms with E-state index in [-0.39, 0.29) is 11.5 Å². The van der Waals surface area contributed by atoms with Crippen LogP contribution in [0.3, 0.4) is 0 Å². The number of hydrogen-bond acceptors (Lipinski definition) is 3. The van der Waals surface area contributed by atoms with Gasteiger partial charge in [0.1, 0.15) is 0 Å². The Hall–Kier alpha value is -2.49. The lowest BCUT2D eigenvalue weighted by Gasteiger charge is -2.07. The molecule has 4 nitrogen and oxygen atoms in total. The van der Waals surface area contributed by atoms with Crippen molar-refractivity contribution in [2.45, 2.75) is 0 Å². The smallest absolute Gasteiger partial charge is 0.249 e. The van der Waals surface area contributed by atoms with Crippen LogP contribution in [0.1, 0.15) is 10.4 Å². The van der Waals surface area contributed by atoms with E-state index >= 15 is 0 Å². The maximum atomic E-state index is 11.3. The van der Waals surface area contributed by atoms with Crippen LogP contribution < -0.4 is 5.73 Å². The minimum Gasteiger partial charge on any atom is -0.504 e. The quantitative estimate of drug-likeness (QED) is 0.687. The molecule has 4 N–H and O–H groups in total. The number of carbonyl (C=O) groups is 1. The van der Waals surface area contributed by atoms with Gasteiger partial charge in [-0.3, -0.25) is 4.79 Å². The lowest BCUT2D eigenvalue weighted by Crippen LogP contribution is -2.12. The highest BCUT2D eigenvalue weighted by molar-refractivity contribution is 5.99. The number of primary amides is 1. The lowest BCUT2D eigenvalue weighted by molar-refractivity contribution is 0.100. The van der Waals surface area contributed by atoms with E-state index in [1.54, 1.807) is 30.3 Å². The van der Waals surface area contributed by atoms with Gasteiger partial charge in [0.25, 0.3) is 0 Å². The molecule has 0 bridgehead atoms. The Morgan fingerprint density at radius 1 is 1.00 bits per heavy atom. The first-order valence-corrected chi connectivity index (χ1v) is 5.01. The third-order valence-electron chi connectivity index (χ3n) is 2.48. The SMILES string of the molecule is NC(=O)c1ccccc1-c1ccc(O)c(O)c1. The minimum atomic E-state index is -0.534. The van der Waals surface area contributed by atoms with Gasteiger partial charge in [-0.15, -0.1) is 0 Å². The van der Waals surface area contributed by atoms with Crippen molar-refractivity contribution < 1.29 is 15.0 Å². The van der Waals surface area contributed by atoms with Crippen LogP contribution in [0, 0.1) is 0 Å². The molecule has 2 aromatic rings. The monoisotopic (exact) mass is 229 g/mol. The molecule has 86 valence electrons. The summed E-state index contributed by atoms with van der Waals surface area (Å²) in [5.41, 5.74) is 6.88. The van der Waals surface area contributed by atoms with E-state index in [2.05, 4.69) is 0 Å². The summed E-state index contributed by atoms with van der Waals surface area (Å²) < 4.78 is 0. The largest absolute Gasteiger partial charge is 0.504 e. The van der Waals surface area contributed by atoms with Crippen LogP contribution in [-0.4, -0.2) is 16.1 Å². The Morgan fingerprint density at radius 3 is 2.35 bits per heavy atom. The predicted octanol–water partition coefficient (Wildman–Crippen LogP) is 1.86. The van der Waals surface area contributed by atoms with Crippen LogP contribution >= 0.6 is 0 Å². The molecule has 0 heterocycles. The van der Waals surface area contributed by atoms with E-state index in [0.717, 1.165) is 0 Å². The van der Waals surface area contributed by atoms with Crippen LogP contribution in [0.5, 0.6) is 11.5 Å². The number of rotatable bonds is 2. The van der Waals surface area contributed by atoms with Crippen molar-refractivity contribution in [2.75, 3.05) is 0 Å². The van der Waals surface area contributed by atoms with Crippen LogP contribution in [0.4, 0.5) is 0 Å². The Labute approximate surface area is 97.9 Å². The molecule has 0 saturated heterocycles. The maximum absolute atomic E-state index is 11.3. The van der Waals surface area contributed by atoms with Crippen LogP contribution in [0.25, 0.3) is 11.1 Å². The molecule has 0 aliphatic heterocycles. The molecule has 1 amide bonds. The van der Waals surface area contributed by atoms with Crippen molar-refractivity contribution in [3.05, 3.63) is 48.0 Å². The molecule has 0 aliphatic carbocycles. The molecule has 0 fully saturated rings. The second-order valence-corrected chi connectivity index (χ2v) is 3.61. The van der Waals surface area contributed by atoms with Crippen LogP contribution in [0.2, 0.25) is 0 Å². The molecular formula is C13H11NO3. The summed E-state index contributed by atoms with van der Waals surface area (Å²) in [6.07, 6.45) is 0. The van der Waals surface area contributed by atoms with Crippen molar-refractivity contribution in [1.82, 2.24) is 0 Å². The zero-order valence-corrected chi connectivity index (χ0v) is 8.92. The van der Waals surface area contributed by atoms with Gasteiger partial charge in [-0.05, 0) is 29.3 Å². The fraction of sp³-hybridized carbons (Fsp3) is 0. The van der Waals surface area contributed by atoms with Gasteiger partial charge in [-0.2, -0.15) is 0 Å². The predicted molar refractivity (Wildman–Crippen MR) is 63.7 cm³/mol. The molecular weight excluding hydrogens is 218 g/mol. The van der Waals surface area contributed by atoms with Crippen LogP contribution in [0.15, 0.2) is 42.5 Å². The van der Waals surface area contributed by atoms with E-state index in [1.165, 1.54) is 12.1 Å². The number of carbonyl (C=O) groups excluding carboxylic acids is 1. The van der Waals surface area contributed by atoms with Crippen molar-refractivity contribution >= 4 is 5.91 Å². The Balaban J connectivity index is 2.60. The summed E-state index contributed by atoms with van der Waals surface area (Å²) in [4.78, 5) is 11.3. The Bertz CT molecular complexity index is 579. The van der Waals surface area contributed by atoms with Crippen molar-refractivity contribution in [1.29, 1.82) is 0 Å². The topological polar surface area (TPSA) is 83.6 Å². The van der Waals surface area contributed by atoms with Crippen molar-refractivity contribution in [3.8, 4) is 22.6 Å². The molecule has 0 spiro atoms. The summed E-state index contributed by atoms with van der Waals surface area (Å²) in [5, 5.41) is 18.7. The summed E-state index contributed by atoms with van der Waals surface area (Å²) in [6.45, 7) is 0. The standard InChI is InChI=1S/C13H11NO3/c14-13(17)10-4-2-1-3-9(10)8-5-6-11(15)12(16)7-8/h1-7,15-16H,(H2,14,17). The van der Waals surface area contributed by atoms with Gasteiger partial charge < -0.3 is 15.9 Å². The molecule has 0 radical (unpaired) electrons. The number of amides is 1. The second kappa shape index (κ2) is 4.17. The molecule has 0 unspecified atom stereocenters. The fourth-order valence-corrected chi connectivity index (χ4v) is 1.64. The van der Waals surface area contributed by atoms with Gasteiger partial charge in [0, 0.05) is 5.56 Å². The molecule has 4 heteroatoms. The van der Waals surface area contributed by atoms with Gasteiger partial charge >= 0.3 is 0 Å². The molecule has 2 aromatic carbocycles. The first-order chi connectivity index (χ1) is 8.09. The Morgan fingerprint density at radius 2 is 1.71 bits per heavy atom. The number of aromatic hydroxyl groups is 2. The third kappa shape index (κ3) is 2.06. The number of hydrogen-bond donors (Lipinski definition) is 3. The Kier molecular flexibility index (Phi) is 2.70. The number of phenolic OH excluding ortho intramolecular Hbond substituents is 2. The first kappa shape index (κ1) is 11.0. The van der Waals surface area contributed by atoms with Crippen LogP contribution in [-0.2, 0) is 0 Å². The molecule has 0 atom stereocenters. The van der Waals surface area contributed by atoms with Gasteiger partial charge in [0.2, 0.25) is 5.91 Å². The van der Waals surface area contributed by atoms with Crippen molar-refractivity contribution in [2.24, 2.45) is 5.73 Å². The molecule has 2 rings (SSSR count). The summed E-state index contributed by atoms with van der Waals surface area (Å²) in [5.74, 6) is -0.972. The average Bonchev–Trinajstić information content (AvgIpc) is 2.32. The number of nitrogens with two attached hydrogens (primary N) is 1. The summed E-state index contributed by atoms with van der Waals surface area (Å²) in [6, 6.07) is 11.2. The molecule has 0 aromatic heterocycles. The van der Waals surface area contributed by atoms with E-state index < -0.39 is 5.91 Å². The highest BCUT2D eigenvalue weighted by atomic mass is 16.3. The first-order valence-electron chi connectivity index (χ1n) is 5.01. The van der Waals surface area contributed by atoms with E-state index in [9.17, 15) is 15.0 Å². The zero-order valence-electron chi connectivity index (χ0n) is 8.92. The van der Waals surface area contributed by atoms with Gasteiger partial charge in [0.05, 0.1) is 0 Å². The molecule has 0 saturated carbocycles.